The number of methoxy groups -OCH3 is 1. The van der Waals surface area contributed by atoms with Gasteiger partial charge in [-0.1, -0.05) is 17.7 Å². The summed E-state index contributed by atoms with van der Waals surface area (Å²) in [6.07, 6.45) is 0. The highest BCUT2D eigenvalue weighted by Crippen LogP contribution is 2.15. The Morgan fingerprint density at radius 3 is 2.40 bits per heavy atom. The lowest BCUT2D eigenvalue weighted by molar-refractivity contribution is 0.0600. The molecule has 6 heteroatoms. The minimum Gasteiger partial charge on any atom is -0.465 e. The van der Waals surface area contributed by atoms with E-state index in [0.717, 1.165) is 13.2 Å². The minimum absolute atomic E-state index is 0.0470. The van der Waals surface area contributed by atoms with Crippen molar-refractivity contribution in [1.82, 2.24) is 0 Å². The first-order valence-electron chi connectivity index (χ1n) is 4.25. The van der Waals surface area contributed by atoms with Gasteiger partial charge in [0.05, 0.1) is 12.7 Å². The number of esters is 1. The molecular formula is C9H9BF3O2-. The molecule has 0 saturated heterocycles. The molecule has 0 amide bonds. The van der Waals surface area contributed by atoms with Gasteiger partial charge in [0.2, 0.25) is 0 Å². The van der Waals surface area contributed by atoms with Crippen LogP contribution in [0.1, 0.15) is 15.9 Å². The van der Waals surface area contributed by atoms with E-state index in [9.17, 15) is 17.7 Å². The molecule has 0 aromatic heterocycles. The van der Waals surface area contributed by atoms with Crippen LogP contribution in [0.2, 0.25) is 0 Å². The van der Waals surface area contributed by atoms with E-state index >= 15 is 0 Å². The minimum atomic E-state index is -5.09. The van der Waals surface area contributed by atoms with Gasteiger partial charge in [-0.05, 0) is 13.0 Å². The van der Waals surface area contributed by atoms with Crippen molar-refractivity contribution in [2.45, 2.75) is 6.92 Å². The second kappa shape index (κ2) is 3.96. The Labute approximate surface area is 85.1 Å². The molecule has 0 aliphatic rings. The molecule has 2 nitrogen and oxygen atoms in total. The molecule has 0 heterocycles. The summed E-state index contributed by atoms with van der Waals surface area (Å²) in [5.74, 6) is -0.755. The fourth-order valence-electron chi connectivity index (χ4n) is 1.34. The molecule has 0 atom stereocenters. The molecule has 0 unspecified atom stereocenters. The third kappa shape index (κ3) is 2.32. The second-order valence-corrected chi connectivity index (χ2v) is 3.09. The number of halogens is 3. The Kier molecular flexibility index (Phi) is 3.07. The zero-order valence-corrected chi connectivity index (χ0v) is 8.26. The third-order valence-corrected chi connectivity index (χ3v) is 2.13. The summed E-state index contributed by atoms with van der Waals surface area (Å²) in [5, 5.41) is 0. The predicted octanol–water partition coefficient (Wildman–Crippen LogP) is 1.84. The lowest BCUT2D eigenvalue weighted by Gasteiger charge is -2.19. The largest absolute Gasteiger partial charge is 0.509 e. The van der Waals surface area contributed by atoms with Crippen LogP contribution in [0, 0.1) is 6.92 Å². The summed E-state index contributed by atoms with van der Waals surface area (Å²) in [7, 11) is 1.13. The quantitative estimate of drug-likeness (QED) is 0.557. The fraction of sp³-hybridized carbons (Fsp3) is 0.222. The molecular weight excluding hydrogens is 208 g/mol. The van der Waals surface area contributed by atoms with Crippen molar-refractivity contribution in [2.75, 3.05) is 7.11 Å². The maximum absolute atomic E-state index is 12.5. The number of benzene rings is 1. The normalized spacial score (nSPS) is 11.3. The van der Waals surface area contributed by atoms with E-state index in [1.54, 1.807) is 0 Å². The van der Waals surface area contributed by atoms with Crippen molar-refractivity contribution >= 4 is 18.4 Å². The van der Waals surface area contributed by atoms with Crippen LogP contribution >= 0.6 is 0 Å². The Bertz CT molecular complexity index is 387. The summed E-state index contributed by atoms with van der Waals surface area (Å²) in [6.45, 7) is -3.83. The van der Waals surface area contributed by atoms with Crippen molar-refractivity contribution in [3.63, 3.8) is 0 Å². The van der Waals surface area contributed by atoms with Gasteiger partial charge in [-0.15, -0.1) is 5.46 Å². The molecule has 1 rings (SSSR count). The van der Waals surface area contributed by atoms with Crippen molar-refractivity contribution in [2.24, 2.45) is 0 Å². The Balaban J connectivity index is 3.30. The van der Waals surface area contributed by atoms with Crippen LogP contribution in [-0.4, -0.2) is 20.1 Å². The van der Waals surface area contributed by atoms with Crippen LogP contribution < -0.4 is 5.46 Å². The Morgan fingerprint density at radius 1 is 1.33 bits per heavy atom. The molecule has 0 N–H and O–H groups in total. The second-order valence-electron chi connectivity index (χ2n) is 3.09. The summed E-state index contributed by atoms with van der Waals surface area (Å²) in [5.41, 5.74) is -0.885. The van der Waals surface area contributed by atoms with Crippen LogP contribution in [0.5, 0.6) is 0 Å². The van der Waals surface area contributed by atoms with Gasteiger partial charge < -0.3 is 17.7 Å². The van der Waals surface area contributed by atoms with Crippen LogP contribution in [0.15, 0.2) is 18.2 Å². The van der Waals surface area contributed by atoms with Gasteiger partial charge in [0.15, 0.2) is 0 Å². The van der Waals surface area contributed by atoms with Crippen molar-refractivity contribution < 1.29 is 22.5 Å². The highest BCUT2D eigenvalue weighted by atomic mass is 19.4. The maximum atomic E-state index is 12.5. The maximum Gasteiger partial charge on any atom is 0.509 e. The number of hydrogen-bond donors (Lipinski definition) is 0. The van der Waals surface area contributed by atoms with E-state index in [-0.39, 0.29) is 11.1 Å². The topological polar surface area (TPSA) is 26.3 Å². The zero-order valence-electron chi connectivity index (χ0n) is 8.26. The first kappa shape index (κ1) is 11.6. The molecule has 0 spiro atoms. The van der Waals surface area contributed by atoms with E-state index < -0.39 is 18.4 Å². The number of rotatable bonds is 2. The molecule has 1 aromatic rings. The smallest absolute Gasteiger partial charge is 0.465 e. The highest BCUT2D eigenvalue weighted by molar-refractivity contribution is 6.74. The fourth-order valence-corrected chi connectivity index (χ4v) is 1.34. The van der Waals surface area contributed by atoms with Crippen LogP contribution in [0.4, 0.5) is 12.9 Å². The van der Waals surface area contributed by atoms with E-state index in [2.05, 4.69) is 4.74 Å². The number of ether oxygens (including phenoxy) is 1. The van der Waals surface area contributed by atoms with Crippen LogP contribution in [0.25, 0.3) is 0 Å². The monoisotopic (exact) mass is 217 g/mol. The van der Waals surface area contributed by atoms with Gasteiger partial charge in [0.25, 0.3) is 0 Å². The van der Waals surface area contributed by atoms with Crippen LogP contribution in [0.3, 0.4) is 0 Å². The van der Waals surface area contributed by atoms with Crippen molar-refractivity contribution in [1.29, 1.82) is 0 Å². The average Bonchev–Trinajstić information content (AvgIpc) is 2.15. The van der Waals surface area contributed by atoms with Crippen molar-refractivity contribution in [3.8, 4) is 0 Å². The van der Waals surface area contributed by atoms with Crippen LogP contribution in [-0.2, 0) is 4.74 Å². The molecule has 0 radical (unpaired) electrons. The van der Waals surface area contributed by atoms with Gasteiger partial charge in [-0.25, -0.2) is 4.79 Å². The molecule has 1 aromatic carbocycles. The third-order valence-electron chi connectivity index (χ3n) is 2.13. The van der Waals surface area contributed by atoms with E-state index in [1.807, 2.05) is 0 Å². The summed E-state index contributed by atoms with van der Waals surface area (Å²) < 4.78 is 41.9. The zero-order chi connectivity index (χ0) is 11.6. The SMILES string of the molecule is COC(=O)c1cccc([B-](F)(F)F)c1C. The van der Waals surface area contributed by atoms with Gasteiger partial charge >= 0.3 is 12.9 Å². The van der Waals surface area contributed by atoms with E-state index in [0.29, 0.717) is 0 Å². The summed E-state index contributed by atoms with van der Waals surface area (Å²) >= 11 is 0. The number of carbonyl (C=O) groups excluding carboxylic acids is 1. The molecule has 0 fully saturated rings. The molecule has 0 aliphatic carbocycles. The standard InChI is InChI=1S/C9H9BF3O2/c1-6-7(9(14)15-2)4-3-5-8(6)10(11,12)13/h3-5H,1-2H3/q-1. The first-order chi connectivity index (χ1) is 6.88. The molecule has 0 bridgehead atoms. The van der Waals surface area contributed by atoms with Gasteiger partial charge in [0, 0.05) is 0 Å². The summed E-state index contributed by atoms with van der Waals surface area (Å²) in [4.78, 5) is 11.1. The number of carbonyl (C=O) groups is 1. The molecule has 0 saturated carbocycles. The lowest BCUT2D eigenvalue weighted by atomic mass is 9.76. The average molecular weight is 217 g/mol. The van der Waals surface area contributed by atoms with Gasteiger partial charge in [0.1, 0.15) is 0 Å². The Hall–Kier alpha value is -1.46. The van der Waals surface area contributed by atoms with Gasteiger partial charge in [-0.2, -0.15) is 0 Å². The Morgan fingerprint density at radius 2 is 1.93 bits per heavy atom. The molecule has 0 aliphatic heterocycles. The lowest BCUT2D eigenvalue weighted by Crippen LogP contribution is -2.37. The predicted molar refractivity (Wildman–Crippen MR) is 51.2 cm³/mol. The van der Waals surface area contributed by atoms with E-state index in [1.165, 1.54) is 19.1 Å². The van der Waals surface area contributed by atoms with Crippen molar-refractivity contribution in [3.05, 3.63) is 29.3 Å². The molecule has 82 valence electrons. The highest BCUT2D eigenvalue weighted by Gasteiger charge is 2.28. The summed E-state index contributed by atoms with van der Waals surface area (Å²) in [6, 6.07) is 3.47. The first-order valence-corrected chi connectivity index (χ1v) is 4.25. The van der Waals surface area contributed by atoms with Gasteiger partial charge in [-0.3, -0.25) is 0 Å². The molecule has 15 heavy (non-hydrogen) atoms. The van der Waals surface area contributed by atoms with E-state index in [4.69, 9.17) is 0 Å². The number of hydrogen-bond acceptors (Lipinski definition) is 2.